The third-order valence-corrected chi connectivity index (χ3v) is 4.47. The molecule has 0 aromatic heterocycles. The maximum absolute atomic E-state index is 11.5. The van der Waals surface area contributed by atoms with Gasteiger partial charge in [0.2, 0.25) is 5.91 Å². The molecule has 0 radical (unpaired) electrons. The van der Waals surface area contributed by atoms with Gasteiger partial charge in [0.05, 0.1) is 18.2 Å². The number of benzene rings is 1. The number of carbonyl (C=O) groups is 3. The number of carbonyl (C=O) groups excluding carboxylic acids is 1. The third kappa shape index (κ3) is 4.76. The number of rotatable bonds is 5. The van der Waals surface area contributed by atoms with Crippen LogP contribution in [0.1, 0.15) is 22.3 Å². The Morgan fingerprint density at radius 2 is 2.13 bits per heavy atom. The molecule has 1 aromatic rings. The molecule has 1 amide bonds. The molecule has 1 aliphatic rings. The summed E-state index contributed by atoms with van der Waals surface area (Å²) in [4.78, 5) is 33.3. The number of halogens is 1. The molecular formula is C13H10IN3O5S. The van der Waals surface area contributed by atoms with Crippen LogP contribution in [0.4, 0.5) is 0 Å². The Kier molecular flexibility index (Phi) is 5.71. The van der Waals surface area contributed by atoms with Crippen LogP contribution in [0, 0.1) is 3.57 Å². The number of aliphatic carboxylic acids is 1. The minimum absolute atomic E-state index is 0.0905. The number of nitrogens with one attached hydrogen (secondary N) is 1. The second-order valence-corrected chi connectivity index (χ2v) is 6.82. The second kappa shape index (κ2) is 7.55. The molecule has 10 heteroatoms. The topological polar surface area (TPSA) is 128 Å². The second-order valence-electron chi connectivity index (χ2n) is 4.38. The molecule has 23 heavy (non-hydrogen) atoms. The van der Waals surface area contributed by atoms with Crippen LogP contribution in [-0.2, 0) is 9.59 Å². The summed E-state index contributed by atoms with van der Waals surface area (Å²) in [6.07, 6.45) is 0.962. The van der Waals surface area contributed by atoms with Gasteiger partial charge in [0.15, 0.2) is 5.17 Å². The Labute approximate surface area is 148 Å². The normalized spacial score (nSPS) is 19.3. The van der Waals surface area contributed by atoms with Gasteiger partial charge in [-0.05, 0) is 34.7 Å². The zero-order valence-corrected chi connectivity index (χ0v) is 14.4. The van der Waals surface area contributed by atoms with Crippen molar-refractivity contribution in [2.24, 2.45) is 10.2 Å². The van der Waals surface area contributed by atoms with E-state index in [-0.39, 0.29) is 17.2 Å². The van der Waals surface area contributed by atoms with Gasteiger partial charge in [-0.15, -0.1) is 5.10 Å². The van der Waals surface area contributed by atoms with Crippen molar-refractivity contribution in [3.8, 4) is 0 Å². The van der Waals surface area contributed by atoms with Gasteiger partial charge in [-0.3, -0.25) is 9.59 Å². The number of hydrogen-bond acceptors (Lipinski definition) is 6. The molecule has 0 spiro atoms. The van der Waals surface area contributed by atoms with E-state index < -0.39 is 23.1 Å². The fraction of sp³-hybridized carbons (Fsp3) is 0.154. The van der Waals surface area contributed by atoms with E-state index >= 15 is 0 Å². The maximum Gasteiger partial charge on any atom is 0.336 e. The Bertz CT molecular complexity index is 734. The van der Waals surface area contributed by atoms with E-state index in [1.54, 1.807) is 12.1 Å². The summed E-state index contributed by atoms with van der Waals surface area (Å²) in [5.74, 6) is -2.60. The number of nitrogens with zero attached hydrogens (tertiary/aromatic N) is 2. The van der Waals surface area contributed by atoms with Gasteiger partial charge in [0.25, 0.3) is 0 Å². The van der Waals surface area contributed by atoms with E-state index in [0.717, 1.165) is 15.3 Å². The van der Waals surface area contributed by atoms with E-state index in [4.69, 9.17) is 10.2 Å². The van der Waals surface area contributed by atoms with Gasteiger partial charge >= 0.3 is 11.9 Å². The lowest BCUT2D eigenvalue weighted by atomic mass is 10.1. The SMILES string of the molecule is O=C(O)CC1SC(=NN=Cc2ccc(I)cc2C(=O)O)NC1=O. The molecule has 1 atom stereocenters. The molecule has 120 valence electrons. The van der Waals surface area contributed by atoms with Crippen molar-refractivity contribution in [2.75, 3.05) is 0 Å². The Morgan fingerprint density at radius 1 is 1.39 bits per heavy atom. The van der Waals surface area contributed by atoms with Crippen molar-refractivity contribution in [3.05, 3.63) is 32.9 Å². The van der Waals surface area contributed by atoms with Gasteiger partial charge in [0, 0.05) is 9.13 Å². The molecule has 8 nitrogen and oxygen atoms in total. The zero-order chi connectivity index (χ0) is 17.0. The van der Waals surface area contributed by atoms with Crippen LogP contribution in [0.3, 0.4) is 0 Å². The van der Waals surface area contributed by atoms with Crippen LogP contribution in [0.15, 0.2) is 28.4 Å². The number of hydrogen-bond donors (Lipinski definition) is 3. The average molecular weight is 447 g/mol. The zero-order valence-electron chi connectivity index (χ0n) is 11.4. The molecule has 3 N–H and O–H groups in total. The van der Waals surface area contributed by atoms with Crippen molar-refractivity contribution in [3.63, 3.8) is 0 Å². The van der Waals surface area contributed by atoms with Crippen LogP contribution >= 0.6 is 34.4 Å². The molecular weight excluding hydrogens is 437 g/mol. The maximum atomic E-state index is 11.5. The largest absolute Gasteiger partial charge is 0.481 e. The summed E-state index contributed by atoms with van der Waals surface area (Å²) in [6, 6.07) is 4.84. The first-order valence-electron chi connectivity index (χ1n) is 6.20. The monoisotopic (exact) mass is 447 g/mol. The molecule has 1 aromatic carbocycles. The predicted octanol–water partition coefficient (Wildman–Crippen LogP) is 1.39. The Hall–Kier alpha value is -1.95. The fourth-order valence-corrected chi connectivity index (χ4v) is 3.12. The molecule has 1 saturated heterocycles. The van der Waals surface area contributed by atoms with Crippen molar-refractivity contribution in [1.29, 1.82) is 0 Å². The van der Waals surface area contributed by atoms with E-state index in [1.807, 2.05) is 22.6 Å². The standard InChI is InChI=1S/C13H10IN3O5S/c14-7-2-1-6(8(3-7)12(21)22)5-15-17-13-16-11(20)9(23-13)4-10(18)19/h1-3,5,9H,4H2,(H,18,19)(H,21,22)(H,16,17,20). The lowest BCUT2D eigenvalue weighted by Crippen LogP contribution is -2.26. The fourth-order valence-electron chi connectivity index (χ4n) is 1.71. The van der Waals surface area contributed by atoms with E-state index in [1.165, 1.54) is 12.3 Å². The molecule has 1 aliphatic heterocycles. The summed E-state index contributed by atoms with van der Waals surface area (Å²) in [5, 5.41) is 27.2. The number of amides is 1. The summed E-state index contributed by atoms with van der Waals surface area (Å²) in [5.41, 5.74) is 0.464. The number of carboxylic acids is 2. The molecule has 2 rings (SSSR count). The van der Waals surface area contributed by atoms with Crippen LogP contribution in [0.25, 0.3) is 0 Å². The van der Waals surface area contributed by atoms with Gasteiger partial charge in [-0.25, -0.2) is 4.79 Å². The van der Waals surface area contributed by atoms with Crippen molar-refractivity contribution in [1.82, 2.24) is 5.32 Å². The minimum Gasteiger partial charge on any atom is -0.481 e. The summed E-state index contributed by atoms with van der Waals surface area (Å²) in [6.45, 7) is 0. The lowest BCUT2D eigenvalue weighted by molar-refractivity contribution is -0.138. The number of aromatic carboxylic acids is 1. The summed E-state index contributed by atoms with van der Waals surface area (Å²) >= 11 is 2.98. The Morgan fingerprint density at radius 3 is 2.78 bits per heavy atom. The number of thioether (sulfide) groups is 1. The number of carboxylic acid groups (broad SMARTS) is 2. The molecule has 0 saturated carbocycles. The van der Waals surface area contributed by atoms with Gasteiger partial charge in [-0.2, -0.15) is 5.10 Å². The minimum atomic E-state index is -1.08. The first-order chi connectivity index (χ1) is 10.9. The summed E-state index contributed by atoms with van der Waals surface area (Å²) in [7, 11) is 0. The van der Waals surface area contributed by atoms with E-state index in [0.29, 0.717) is 5.56 Å². The van der Waals surface area contributed by atoms with Gasteiger partial charge in [0.1, 0.15) is 5.25 Å². The predicted molar refractivity (Wildman–Crippen MR) is 92.9 cm³/mol. The van der Waals surface area contributed by atoms with E-state index in [2.05, 4.69) is 15.5 Å². The van der Waals surface area contributed by atoms with Crippen LogP contribution < -0.4 is 5.32 Å². The molecule has 1 fully saturated rings. The van der Waals surface area contributed by atoms with Crippen molar-refractivity contribution >= 4 is 63.6 Å². The highest BCUT2D eigenvalue weighted by Gasteiger charge is 2.32. The quantitative estimate of drug-likeness (QED) is 0.356. The van der Waals surface area contributed by atoms with Gasteiger partial charge in [-0.1, -0.05) is 17.8 Å². The van der Waals surface area contributed by atoms with Crippen LogP contribution in [0.2, 0.25) is 0 Å². The highest BCUT2D eigenvalue weighted by atomic mass is 127. The molecule has 1 heterocycles. The van der Waals surface area contributed by atoms with Crippen molar-refractivity contribution in [2.45, 2.75) is 11.7 Å². The molecule has 0 bridgehead atoms. The molecule has 0 aliphatic carbocycles. The number of amidine groups is 1. The smallest absolute Gasteiger partial charge is 0.336 e. The van der Waals surface area contributed by atoms with E-state index in [9.17, 15) is 14.4 Å². The van der Waals surface area contributed by atoms with Crippen molar-refractivity contribution < 1.29 is 24.6 Å². The lowest BCUT2D eigenvalue weighted by Gasteiger charge is -2.00. The average Bonchev–Trinajstić information content (AvgIpc) is 2.79. The Balaban J connectivity index is 2.12. The van der Waals surface area contributed by atoms with Gasteiger partial charge < -0.3 is 15.5 Å². The summed E-state index contributed by atoms with van der Waals surface area (Å²) < 4.78 is 0.776. The third-order valence-electron chi connectivity index (χ3n) is 2.73. The first kappa shape index (κ1) is 17.4. The molecule has 1 unspecified atom stereocenters. The first-order valence-corrected chi connectivity index (χ1v) is 8.16. The van der Waals surface area contributed by atoms with Crippen LogP contribution in [-0.4, -0.2) is 44.7 Å². The highest BCUT2D eigenvalue weighted by molar-refractivity contribution is 14.1. The highest BCUT2D eigenvalue weighted by Crippen LogP contribution is 2.22. The van der Waals surface area contributed by atoms with Crippen LogP contribution in [0.5, 0.6) is 0 Å².